The molecule has 16 heavy (non-hydrogen) atoms. The van der Waals surface area contributed by atoms with Crippen LogP contribution in [0.15, 0.2) is 30.6 Å². The zero-order valence-electron chi connectivity index (χ0n) is 8.51. The Balaban J connectivity index is 2.52. The zero-order valence-corrected chi connectivity index (χ0v) is 9.27. The van der Waals surface area contributed by atoms with Crippen molar-refractivity contribution in [2.45, 2.75) is 0 Å². The quantitative estimate of drug-likeness (QED) is 0.871. The van der Waals surface area contributed by atoms with Gasteiger partial charge >= 0.3 is 5.97 Å². The molecule has 0 saturated carbocycles. The van der Waals surface area contributed by atoms with Gasteiger partial charge in [-0.2, -0.15) is 0 Å². The standard InChI is InChI=1S/C11H9ClN2O2/c1-14-5-4-13-10(14)8-3-2-7(11(15)16)6-9(8)12/h2-6H,1H3,(H,15,16). The average molecular weight is 237 g/mol. The highest BCUT2D eigenvalue weighted by Crippen LogP contribution is 2.27. The number of aryl methyl sites for hydroxylation is 1. The van der Waals surface area contributed by atoms with Crippen LogP contribution in [0.25, 0.3) is 11.4 Å². The summed E-state index contributed by atoms with van der Waals surface area (Å²) in [6, 6.07) is 4.60. The van der Waals surface area contributed by atoms with E-state index < -0.39 is 5.97 Å². The summed E-state index contributed by atoms with van der Waals surface area (Å²) in [6.45, 7) is 0. The summed E-state index contributed by atoms with van der Waals surface area (Å²) in [5.41, 5.74) is 0.891. The number of carboxylic acids is 1. The van der Waals surface area contributed by atoms with Gasteiger partial charge in [0.25, 0.3) is 0 Å². The van der Waals surface area contributed by atoms with E-state index in [0.29, 0.717) is 10.8 Å². The second-order valence-corrected chi connectivity index (χ2v) is 3.77. The fraction of sp³-hybridized carbons (Fsp3) is 0.0909. The molecule has 0 unspecified atom stereocenters. The highest BCUT2D eigenvalue weighted by Gasteiger charge is 2.11. The minimum Gasteiger partial charge on any atom is -0.478 e. The number of hydrogen-bond donors (Lipinski definition) is 1. The van der Waals surface area contributed by atoms with Crippen LogP contribution in [0.5, 0.6) is 0 Å². The number of carbonyl (C=O) groups is 1. The van der Waals surface area contributed by atoms with Gasteiger partial charge in [0, 0.05) is 25.0 Å². The van der Waals surface area contributed by atoms with Crippen LogP contribution in [-0.2, 0) is 7.05 Å². The number of carboxylic acid groups (broad SMARTS) is 1. The van der Waals surface area contributed by atoms with Crippen LogP contribution in [-0.4, -0.2) is 20.6 Å². The van der Waals surface area contributed by atoms with E-state index in [1.54, 1.807) is 18.5 Å². The molecule has 2 rings (SSSR count). The van der Waals surface area contributed by atoms with E-state index in [1.807, 2.05) is 11.6 Å². The Morgan fingerprint density at radius 1 is 1.50 bits per heavy atom. The molecule has 0 aliphatic heterocycles. The molecule has 0 spiro atoms. The fourth-order valence-corrected chi connectivity index (χ4v) is 1.72. The summed E-state index contributed by atoms with van der Waals surface area (Å²) in [7, 11) is 1.85. The van der Waals surface area contributed by atoms with Crippen LogP contribution in [0.3, 0.4) is 0 Å². The molecular weight excluding hydrogens is 228 g/mol. The third kappa shape index (κ3) is 1.79. The molecule has 0 atom stereocenters. The molecule has 1 aromatic heterocycles. The van der Waals surface area contributed by atoms with Crippen LogP contribution in [0.4, 0.5) is 0 Å². The summed E-state index contributed by atoms with van der Waals surface area (Å²) >= 11 is 6.02. The number of hydrogen-bond acceptors (Lipinski definition) is 2. The normalized spacial score (nSPS) is 10.4. The Labute approximate surface area is 97.1 Å². The van der Waals surface area contributed by atoms with Gasteiger partial charge in [-0.3, -0.25) is 0 Å². The maximum atomic E-state index is 10.7. The first-order valence-corrected chi connectivity index (χ1v) is 4.98. The zero-order chi connectivity index (χ0) is 11.7. The van der Waals surface area contributed by atoms with E-state index >= 15 is 0 Å². The van der Waals surface area contributed by atoms with Crippen molar-refractivity contribution in [1.82, 2.24) is 9.55 Å². The lowest BCUT2D eigenvalue weighted by atomic mass is 10.1. The van der Waals surface area contributed by atoms with Crippen LogP contribution < -0.4 is 0 Å². The highest BCUT2D eigenvalue weighted by molar-refractivity contribution is 6.33. The summed E-state index contributed by atoms with van der Waals surface area (Å²) in [6.07, 6.45) is 3.47. The van der Waals surface area contributed by atoms with Crippen molar-refractivity contribution in [3.8, 4) is 11.4 Å². The van der Waals surface area contributed by atoms with Crippen LogP contribution in [0.2, 0.25) is 5.02 Å². The molecule has 1 N–H and O–H groups in total. The van der Waals surface area contributed by atoms with Gasteiger partial charge < -0.3 is 9.67 Å². The lowest BCUT2D eigenvalue weighted by Gasteiger charge is -2.05. The van der Waals surface area contributed by atoms with E-state index in [2.05, 4.69) is 4.98 Å². The molecule has 0 saturated heterocycles. The Hall–Kier alpha value is -1.81. The lowest BCUT2D eigenvalue weighted by molar-refractivity contribution is 0.0697. The van der Waals surface area contributed by atoms with Crippen LogP contribution in [0.1, 0.15) is 10.4 Å². The SMILES string of the molecule is Cn1ccnc1-c1ccc(C(=O)O)cc1Cl. The number of aromatic carboxylic acids is 1. The van der Waals surface area contributed by atoms with Gasteiger partial charge in [0.2, 0.25) is 0 Å². The average Bonchev–Trinajstić information content (AvgIpc) is 2.64. The summed E-state index contributed by atoms with van der Waals surface area (Å²) in [5.74, 6) is -0.282. The van der Waals surface area contributed by atoms with Crippen molar-refractivity contribution in [3.63, 3.8) is 0 Å². The van der Waals surface area contributed by atoms with Gasteiger partial charge in [0.1, 0.15) is 5.82 Å². The second kappa shape index (κ2) is 3.98. The molecule has 0 amide bonds. The Morgan fingerprint density at radius 3 is 2.75 bits per heavy atom. The molecule has 0 bridgehead atoms. The predicted molar refractivity (Wildman–Crippen MR) is 60.6 cm³/mol. The minimum absolute atomic E-state index is 0.169. The van der Waals surface area contributed by atoms with E-state index in [-0.39, 0.29) is 5.56 Å². The third-order valence-electron chi connectivity index (χ3n) is 2.28. The van der Waals surface area contributed by atoms with Crippen molar-refractivity contribution in [1.29, 1.82) is 0 Å². The van der Waals surface area contributed by atoms with Crippen molar-refractivity contribution in [2.75, 3.05) is 0 Å². The molecule has 5 heteroatoms. The second-order valence-electron chi connectivity index (χ2n) is 3.36. The Bertz CT molecular complexity index is 549. The number of nitrogens with zero attached hydrogens (tertiary/aromatic N) is 2. The molecule has 0 fully saturated rings. The monoisotopic (exact) mass is 236 g/mol. The number of imidazole rings is 1. The summed E-state index contributed by atoms with van der Waals surface area (Å²) in [4.78, 5) is 14.9. The highest BCUT2D eigenvalue weighted by atomic mass is 35.5. The molecule has 0 aliphatic rings. The minimum atomic E-state index is -0.992. The fourth-order valence-electron chi connectivity index (χ4n) is 1.45. The van der Waals surface area contributed by atoms with E-state index in [1.165, 1.54) is 12.1 Å². The van der Waals surface area contributed by atoms with E-state index in [0.717, 1.165) is 5.56 Å². The first kappa shape index (κ1) is 10.7. The largest absolute Gasteiger partial charge is 0.478 e. The van der Waals surface area contributed by atoms with Crippen molar-refractivity contribution >= 4 is 17.6 Å². The van der Waals surface area contributed by atoms with Crippen molar-refractivity contribution < 1.29 is 9.90 Å². The van der Waals surface area contributed by atoms with Gasteiger partial charge in [-0.1, -0.05) is 11.6 Å². The topological polar surface area (TPSA) is 55.1 Å². The van der Waals surface area contributed by atoms with Gasteiger partial charge in [-0.05, 0) is 18.2 Å². The predicted octanol–water partition coefficient (Wildman–Crippen LogP) is 2.44. The van der Waals surface area contributed by atoms with Crippen LogP contribution in [0, 0.1) is 0 Å². The maximum Gasteiger partial charge on any atom is 0.335 e. The number of benzene rings is 1. The third-order valence-corrected chi connectivity index (χ3v) is 2.59. The van der Waals surface area contributed by atoms with E-state index in [4.69, 9.17) is 16.7 Å². The molecule has 82 valence electrons. The smallest absolute Gasteiger partial charge is 0.335 e. The van der Waals surface area contributed by atoms with E-state index in [9.17, 15) is 4.79 Å². The Morgan fingerprint density at radius 2 is 2.25 bits per heavy atom. The van der Waals surface area contributed by atoms with Gasteiger partial charge in [-0.15, -0.1) is 0 Å². The number of aromatic nitrogens is 2. The van der Waals surface area contributed by atoms with Crippen molar-refractivity contribution in [2.24, 2.45) is 7.05 Å². The van der Waals surface area contributed by atoms with Crippen molar-refractivity contribution in [3.05, 3.63) is 41.2 Å². The summed E-state index contributed by atoms with van der Waals surface area (Å²) in [5, 5.41) is 9.19. The molecule has 1 heterocycles. The molecule has 0 aliphatic carbocycles. The molecule has 0 radical (unpaired) electrons. The lowest BCUT2D eigenvalue weighted by Crippen LogP contribution is -1.97. The van der Waals surface area contributed by atoms with Gasteiger partial charge in [0.15, 0.2) is 0 Å². The Kier molecular flexibility index (Phi) is 2.66. The first-order chi connectivity index (χ1) is 7.59. The molecule has 4 nitrogen and oxygen atoms in total. The molecular formula is C11H9ClN2O2. The van der Waals surface area contributed by atoms with Gasteiger partial charge in [-0.25, -0.2) is 9.78 Å². The number of rotatable bonds is 2. The number of halogens is 1. The summed E-state index contributed by atoms with van der Waals surface area (Å²) < 4.78 is 1.82. The molecule has 2 aromatic rings. The maximum absolute atomic E-state index is 10.7. The van der Waals surface area contributed by atoms with Crippen LogP contribution >= 0.6 is 11.6 Å². The first-order valence-electron chi connectivity index (χ1n) is 4.60. The molecule has 1 aromatic carbocycles. The van der Waals surface area contributed by atoms with Gasteiger partial charge in [0.05, 0.1) is 10.6 Å².